The van der Waals surface area contributed by atoms with Crippen LogP contribution in [0.1, 0.15) is 19.4 Å². The third kappa shape index (κ3) is 3.65. The summed E-state index contributed by atoms with van der Waals surface area (Å²) >= 11 is 0. The molecule has 0 spiro atoms. The van der Waals surface area contributed by atoms with Gasteiger partial charge in [-0.1, -0.05) is 6.07 Å². The molecular formula is C15H15F3N2O. The van der Waals surface area contributed by atoms with Gasteiger partial charge in [0, 0.05) is 23.0 Å². The van der Waals surface area contributed by atoms with E-state index in [4.69, 9.17) is 10.5 Å². The van der Waals surface area contributed by atoms with Crippen LogP contribution in [0.5, 0.6) is 5.75 Å². The highest BCUT2D eigenvalue weighted by Gasteiger charge is 2.30. The van der Waals surface area contributed by atoms with Gasteiger partial charge >= 0.3 is 6.18 Å². The first kappa shape index (κ1) is 15.2. The van der Waals surface area contributed by atoms with Crippen LogP contribution in [0.3, 0.4) is 0 Å². The minimum Gasteiger partial charge on any atom is -0.489 e. The summed E-state index contributed by atoms with van der Waals surface area (Å²) < 4.78 is 43.4. The monoisotopic (exact) mass is 296 g/mol. The molecule has 2 N–H and O–H groups in total. The molecule has 0 bridgehead atoms. The molecule has 1 aromatic heterocycles. The van der Waals surface area contributed by atoms with Crippen molar-refractivity contribution in [3.8, 4) is 16.9 Å². The number of nitrogens with two attached hydrogens (primary N) is 1. The Morgan fingerprint density at radius 1 is 1.14 bits per heavy atom. The van der Waals surface area contributed by atoms with Crippen molar-refractivity contribution in [2.45, 2.75) is 26.1 Å². The Morgan fingerprint density at radius 2 is 1.86 bits per heavy atom. The van der Waals surface area contributed by atoms with Gasteiger partial charge in [0.1, 0.15) is 5.75 Å². The average Bonchev–Trinajstić information content (AvgIpc) is 2.37. The summed E-state index contributed by atoms with van der Waals surface area (Å²) in [4.78, 5) is 4.02. The predicted octanol–water partition coefficient (Wildman–Crippen LogP) is 4.14. The molecule has 1 aromatic carbocycles. The zero-order valence-electron chi connectivity index (χ0n) is 11.6. The molecule has 0 aliphatic carbocycles. The number of halogens is 3. The molecule has 0 saturated heterocycles. The molecule has 2 rings (SSSR count). The van der Waals surface area contributed by atoms with Crippen LogP contribution < -0.4 is 10.5 Å². The van der Waals surface area contributed by atoms with Crippen molar-refractivity contribution in [2.75, 3.05) is 5.73 Å². The highest BCUT2D eigenvalue weighted by Crippen LogP contribution is 2.35. The minimum atomic E-state index is -4.41. The van der Waals surface area contributed by atoms with Gasteiger partial charge in [0.2, 0.25) is 0 Å². The van der Waals surface area contributed by atoms with Gasteiger partial charge in [0.25, 0.3) is 0 Å². The largest absolute Gasteiger partial charge is 0.489 e. The van der Waals surface area contributed by atoms with Crippen LogP contribution >= 0.6 is 0 Å². The molecule has 0 saturated carbocycles. The molecule has 112 valence electrons. The highest BCUT2D eigenvalue weighted by atomic mass is 19.4. The topological polar surface area (TPSA) is 48.1 Å². The van der Waals surface area contributed by atoms with E-state index in [1.165, 1.54) is 12.3 Å². The average molecular weight is 296 g/mol. The molecule has 0 aliphatic rings. The van der Waals surface area contributed by atoms with E-state index in [0.717, 1.165) is 12.1 Å². The van der Waals surface area contributed by atoms with Gasteiger partial charge in [-0.3, -0.25) is 4.98 Å². The molecule has 0 fully saturated rings. The summed E-state index contributed by atoms with van der Waals surface area (Å²) in [6.45, 7) is 3.75. The Balaban J connectivity index is 2.38. The number of aromatic nitrogens is 1. The summed E-state index contributed by atoms with van der Waals surface area (Å²) in [7, 11) is 0. The number of benzene rings is 1. The number of hydrogen-bond acceptors (Lipinski definition) is 3. The van der Waals surface area contributed by atoms with E-state index in [9.17, 15) is 13.2 Å². The van der Waals surface area contributed by atoms with E-state index < -0.39 is 11.7 Å². The maximum absolute atomic E-state index is 12.6. The fourth-order valence-electron chi connectivity index (χ4n) is 1.90. The van der Waals surface area contributed by atoms with Crippen LogP contribution in [0.15, 0.2) is 36.7 Å². The lowest BCUT2D eigenvalue weighted by Crippen LogP contribution is -2.07. The second kappa shape index (κ2) is 5.63. The number of anilines is 1. The van der Waals surface area contributed by atoms with Crippen LogP contribution in [0, 0.1) is 0 Å². The lowest BCUT2D eigenvalue weighted by molar-refractivity contribution is -0.137. The number of ether oxygens (including phenoxy) is 1. The molecule has 0 atom stereocenters. The van der Waals surface area contributed by atoms with Crippen LogP contribution in [-0.4, -0.2) is 11.1 Å². The number of hydrogen-bond donors (Lipinski definition) is 1. The number of rotatable bonds is 3. The van der Waals surface area contributed by atoms with E-state index in [-0.39, 0.29) is 11.8 Å². The lowest BCUT2D eigenvalue weighted by Gasteiger charge is -2.13. The van der Waals surface area contributed by atoms with Crippen molar-refractivity contribution in [1.29, 1.82) is 0 Å². The second-order valence-corrected chi connectivity index (χ2v) is 4.88. The van der Waals surface area contributed by atoms with E-state index >= 15 is 0 Å². The Hall–Kier alpha value is -2.24. The molecular weight excluding hydrogens is 281 g/mol. The first-order valence-corrected chi connectivity index (χ1v) is 6.36. The van der Waals surface area contributed by atoms with Gasteiger partial charge in [0.05, 0.1) is 17.9 Å². The number of alkyl halides is 3. The van der Waals surface area contributed by atoms with Crippen LogP contribution in [0.2, 0.25) is 0 Å². The minimum absolute atomic E-state index is 0.0213. The molecule has 2 aromatic rings. The van der Waals surface area contributed by atoms with Gasteiger partial charge in [0.15, 0.2) is 0 Å². The predicted molar refractivity (Wildman–Crippen MR) is 74.9 cm³/mol. The second-order valence-electron chi connectivity index (χ2n) is 4.88. The zero-order valence-corrected chi connectivity index (χ0v) is 11.6. The fraction of sp³-hybridized carbons (Fsp3) is 0.267. The van der Waals surface area contributed by atoms with Crippen molar-refractivity contribution in [3.63, 3.8) is 0 Å². The van der Waals surface area contributed by atoms with Crippen LogP contribution in [0.25, 0.3) is 11.1 Å². The third-order valence-corrected chi connectivity index (χ3v) is 2.77. The number of nitrogens with zero attached hydrogens (tertiary/aromatic N) is 1. The first-order chi connectivity index (χ1) is 9.77. The van der Waals surface area contributed by atoms with Gasteiger partial charge in [-0.25, -0.2) is 0 Å². The Kier molecular flexibility index (Phi) is 4.06. The maximum atomic E-state index is 12.6. The lowest BCUT2D eigenvalue weighted by atomic mass is 10.0. The Bertz CT molecular complexity index is 639. The van der Waals surface area contributed by atoms with Gasteiger partial charge < -0.3 is 10.5 Å². The smallest absolute Gasteiger partial charge is 0.416 e. The molecule has 6 heteroatoms. The molecule has 1 heterocycles. The summed E-state index contributed by atoms with van der Waals surface area (Å²) in [5.74, 6) is 0.543. The molecule has 21 heavy (non-hydrogen) atoms. The van der Waals surface area contributed by atoms with Crippen molar-refractivity contribution in [3.05, 3.63) is 42.2 Å². The van der Waals surface area contributed by atoms with Crippen molar-refractivity contribution < 1.29 is 17.9 Å². The standard InChI is InChI=1S/C15H15F3N2O/c1-9(2)21-12-5-10(7-20-8-12)13-4-3-11(6-14(13)19)15(16,17)18/h3-9H,19H2,1-2H3. The SMILES string of the molecule is CC(C)Oc1cncc(-c2ccc(C(F)(F)F)cc2N)c1. The summed E-state index contributed by atoms with van der Waals surface area (Å²) in [5, 5.41) is 0. The first-order valence-electron chi connectivity index (χ1n) is 6.36. The van der Waals surface area contributed by atoms with E-state index in [0.29, 0.717) is 16.9 Å². The molecule has 3 nitrogen and oxygen atoms in total. The maximum Gasteiger partial charge on any atom is 0.416 e. The quantitative estimate of drug-likeness (QED) is 0.866. The summed E-state index contributed by atoms with van der Waals surface area (Å²) in [5.41, 5.74) is 6.11. The molecule has 0 radical (unpaired) electrons. The third-order valence-electron chi connectivity index (χ3n) is 2.77. The van der Waals surface area contributed by atoms with Crippen LogP contribution in [-0.2, 0) is 6.18 Å². The Labute approximate surface area is 120 Å². The van der Waals surface area contributed by atoms with Gasteiger partial charge in [-0.15, -0.1) is 0 Å². The number of nitrogen functional groups attached to an aromatic ring is 1. The van der Waals surface area contributed by atoms with Gasteiger partial charge in [-0.2, -0.15) is 13.2 Å². The number of pyridine rings is 1. The van der Waals surface area contributed by atoms with Gasteiger partial charge in [-0.05, 0) is 32.0 Å². The fourth-order valence-corrected chi connectivity index (χ4v) is 1.90. The van der Waals surface area contributed by atoms with Crippen molar-refractivity contribution in [1.82, 2.24) is 4.98 Å². The molecule has 0 amide bonds. The summed E-state index contributed by atoms with van der Waals surface area (Å²) in [6, 6.07) is 4.97. The molecule has 0 unspecified atom stereocenters. The Morgan fingerprint density at radius 3 is 2.43 bits per heavy atom. The molecule has 0 aliphatic heterocycles. The van der Waals surface area contributed by atoms with E-state index in [1.807, 2.05) is 13.8 Å². The van der Waals surface area contributed by atoms with Crippen molar-refractivity contribution in [2.24, 2.45) is 0 Å². The van der Waals surface area contributed by atoms with Crippen LogP contribution in [0.4, 0.5) is 18.9 Å². The van der Waals surface area contributed by atoms with Crippen molar-refractivity contribution >= 4 is 5.69 Å². The normalized spacial score (nSPS) is 11.7. The highest BCUT2D eigenvalue weighted by molar-refractivity contribution is 5.77. The van der Waals surface area contributed by atoms with E-state index in [2.05, 4.69) is 4.98 Å². The zero-order chi connectivity index (χ0) is 15.6. The van der Waals surface area contributed by atoms with E-state index in [1.54, 1.807) is 12.3 Å². The summed E-state index contributed by atoms with van der Waals surface area (Å²) in [6.07, 6.45) is -1.35.